The zero-order valence-electron chi connectivity index (χ0n) is 12.7. The molecule has 132 valence electrons. The second-order valence-electron chi connectivity index (χ2n) is 5.44. The predicted octanol–water partition coefficient (Wildman–Crippen LogP) is 3.06. The monoisotopic (exact) mass is 373 g/mol. The molecular weight excluding hydrogens is 354 g/mol. The van der Waals surface area contributed by atoms with E-state index in [1.165, 1.54) is 0 Å². The Hall–Kier alpha value is -1.05. The quantitative estimate of drug-likeness (QED) is 0.837. The number of aromatic nitrogens is 1. The van der Waals surface area contributed by atoms with Crippen LogP contribution in [-0.4, -0.2) is 29.5 Å². The predicted molar refractivity (Wildman–Crippen MR) is 86.2 cm³/mol. The number of halogens is 5. The summed E-state index contributed by atoms with van der Waals surface area (Å²) in [5.74, 6) is -0.0868. The van der Waals surface area contributed by atoms with Crippen LogP contribution in [0.2, 0.25) is 0 Å². The molecule has 3 atom stereocenters. The van der Waals surface area contributed by atoms with Gasteiger partial charge in [-0.1, -0.05) is 6.92 Å². The number of amides is 1. The highest BCUT2D eigenvalue weighted by molar-refractivity contribution is 5.94. The van der Waals surface area contributed by atoms with Crippen molar-refractivity contribution >= 4 is 30.7 Å². The SMILES string of the molecule is CC1CCNC(C)C1NC(=O)c1ccc(C(F)(F)F)nc1.Cl.Cl. The van der Waals surface area contributed by atoms with Gasteiger partial charge in [-0.15, -0.1) is 24.8 Å². The van der Waals surface area contributed by atoms with Crippen LogP contribution in [0, 0.1) is 5.92 Å². The maximum Gasteiger partial charge on any atom is 0.433 e. The van der Waals surface area contributed by atoms with Gasteiger partial charge in [0.05, 0.1) is 5.56 Å². The third kappa shape index (κ3) is 5.51. The Kier molecular flexibility index (Phi) is 8.31. The molecule has 1 aromatic rings. The fourth-order valence-electron chi connectivity index (χ4n) is 2.54. The average Bonchev–Trinajstić information content (AvgIpc) is 2.42. The summed E-state index contributed by atoms with van der Waals surface area (Å²) in [7, 11) is 0. The molecular formula is C14H20Cl2F3N3O. The number of carbonyl (C=O) groups is 1. The number of carbonyl (C=O) groups excluding carboxylic acids is 1. The Balaban J connectivity index is 0.00000242. The molecule has 23 heavy (non-hydrogen) atoms. The lowest BCUT2D eigenvalue weighted by atomic mass is 9.89. The number of hydrogen-bond donors (Lipinski definition) is 2. The first-order valence-electron chi connectivity index (χ1n) is 6.86. The van der Waals surface area contributed by atoms with Crippen molar-refractivity contribution < 1.29 is 18.0 Å². The Morgan fingerprint density at radius 3 is 2.43 bits per heavy atom. The molecule has 0 bridgehead atoms. The van der Waals surface area contributed by atoms with Crippen molar-refractivity contribution in [2.24, 2.45) is 5.92 Å². The van der Waals surface area contributed by atoms with Crippen molar-refractivity contribution in [1.82, 2.24) is 15.6 Å². The van der Waals surface area contributed by atoms with Gasteiger partial charge in [-0.05, 0) is 37.9 Å². The highest BCUT2D eigenvalue weighted by atomic mass is 35.5. The summed E-state index contributed by atoms with van der Waals surface area (Å²) in [6.07, 6.45) is -2.59. The zero-order chi connectivity index (χ0) is 15.6. The van der Waals surface area contributed by atoms with Crippen LogP contribution in [0.4, 0.5) is 13.2 Å². The standard InChI is InChI=1S/C14H18F3N3O.2ClH/c1-8-5-6-18-9(2)12(8)20-13(21)10-3-4-11(19-7-10)14(15,16)17;;/h3-4,7-9,12,18H,5-6H2,1-2H3,(H,20,21);2*1H. The van der Waals surface area contributed by atoms with Gasteiger partial charge >= 0.3 is 6.18 Å². The first kappa shape index (κ1) is 21.9. The molecule has 1 aliphatic heterocycles. The molecule has 2 rings (SSSR count). The van der Waals surface area contributed by atoms with Crippen LogP contribution in [0.15, 0.2) is 18.3 Å². The zero-order valence-corrected chi connectivity index (χ0v) is 14.3. The Labute approximate surface area is 145 Å². The molecule has 1 fully saturated rings. The maximum atomic E-state index is 12.4. The van der Waals surface area contributed by atoms with Gasteiger partial charge in [0.1, 0.15) is 5.69 Å². The van der Waals surface area contributed by atoms with Crippen LogP contribution >= 0.6 is 24.8 Å². The summed E-state index contributed by atoms with van der Waals surface area (Å²) in [6, 6.07) is 2.05. The normalized spacial score (nSPS) is 24.1. The Morgan fingerprint density at radius 2 is 1.96 bits per heavy atom. The van der Waals surface area contributed by atoms with E-state index in [1.54, 1.807) is 0 Å². The Morgan fingerprint density at radius 1 is 1.30 bits per heavy atom. The molecule has 0 radical (unpaired) electrons. The lowest BCUT2D eigenvalue weighted by molar-refractivity contribution is -0.141. The molecule has 0 aromatic carbocycles. The van der Waals surface area contributed by atoms with E-state index in [0.29, 0.717) is 5.92 Å². The highest BCUT2D eigenvalue weighted by Gasteiger charge is 2.33. The van der Waals surface area contributed by atoms with E-state index in [9.17, 15) is 18.0 Å². The van der Waals surface area contributed by atoms with Gasteiger partial charge in [0.15, 0.2) is 0 Å². The van der Waals surface area contributed by atoms with Crippen LogP contribution in [0.3, 0.4) is 0 Å². The molecule has 0 spiro atoms. The number of hydrogen-bond acceptors (Lipinski definition) is 3. The van der Waals surface area contributed by atoms with E-state index in [2.05, 4.69) is 15.6 Å². The molecule has 0 aliphatic carbocycles. The van der Waals surface area contributed by atoms with Crippen LogP contribution in [0.25, 0.3) is 0 Å². The molecule has 4 nitrogen and oxygen atoms in total. The number of piperidine rings is 1. The average molecular weight is 374 g/mol. The van der Waals surface area contributed by atoms with Crippen LogP contribution in [0.1, 0.15) is 36.3 Å². The van der Waals surface area contributed by atoms with E-state index in [4.69, 9.17) is 0 Å². The minimum Gasteiger partial charge on any atom is -0.347 e. The summed E-state index contributed by atoms with van der Waals surface area (Å²) >= 11 is 0. The van der Waals surface area contributed by atoms with Gasteiger partial charge in [-0.25, -0.2) is 0 Å². The minimum atomic E-state index is -4.49. The number of rotatable bonds is 2. The third-order valence-corrected chi connectivity index (χ3v) is 3.83. The van der Waals surface area contributed by atoms with Crippen molar-refractivity contribution in [2.45, 2.75) is 38.5 Å². The van der Waals surface area contributed by atoms with Gasteiger partial charge in [0.25, 0.3) is 5.91 Å². The first-order chi connectivity index (χ1) is 9.79. The lowest BCUT2D eigenvalue weighted by Crippen LogP contribution is -2.55. The van der Waals surface area contributed by atoms with Gasteiger partial charge in [-0.2, -0.15) is 13.2 Å². The van der Waals surface area contributed by atoms with E-state index < -0.39 is 17.8 Å². The van der Waals surface area contributed by atoms with Gasteiger partial charge in [0.2, 0.25) is 0 Å². The molecule has 3 unspecified atom stereocenters. The molecule has 0 saturated carbocycles. The molecule has 1 aliphatic rings. The molecule has 2 N–H and O–H groups in total. The fraction of sp³-hybridized carbons (Fsp3) is 0.571. The summed E-state index contributed by atoms with van der Waals surface area (Å²) in [5.41, 5.74) is -0.868. The van der Waals surface area contributed by atoms with E-state index in [-0.39, 0.29) is 42.5 Å². The van der Waals surface area contributed by atoms with Crippen LogP contribution < -0.4 is 10.6 Å². The molecule has 1 aromatic heterocycles. The number of alkyl halides is 3. The topological polar surface area (TPSA) is 54.0 Å². The van der Waals surface area contributed by atoms with Crippen LogP contribution in [0.5, 0.6) is 0 Å². The Bertz CT molecular complexity index is 501. The second kappa shape index (κ2) is 8.70. The summed E-state index contributed by atoms with van der Waals surface area (Å²) < 4.78 is 37.3. The smallest absolute Gasteiger partial charge is 0.347 e. The van der Waals surface area contributed by atoms with Crippen LogP contribution in [-0.2, 0) is 6.18 Å². The third-order valence-electron chi connectivity index (χ3n) is 3.83. The van der Waals surface area contributed by atoms with Gasteiger partial charge in [0, 0.05) is 18.3 Å². The van der Waals surface area contributed by atoms with Gasteiger partial charge < -0.3 is 10.6 Å². The highest BCUT2D eigenvalue weighted by Crippen LogP contribution is 2.27. The lowest BCUT2D eigenvalue weighted by Gasteiger charge is -2.36. The molecule has 2 heterocycles. The minimum absolute atomic E-state index is 0. The summed E-state index contributed by atoms with van der Waals surface area (Å²) in [6.45, 7) is 4.93. The summed E-state index contributed by atoms with van der Waals surface area (Å²) in [4.78, 5) is 15.4. The second-order valence-corrected chi connectivity index (χ2v) is 5.44. The molecule has 1 amide bonds. The number of nitrogens with one attached hydrogen (secondary N) is 2. The van der Waals surface area contributed by atoms with Crippen molar-refractivity contribution in [2.75, 3.05) is 6.54 Å². The van der Waals surface area contributed by atoms with E-state index >= 15 is 0 Å². The van der Waals surface area contributed by atoms with Crippen molar-refractivity contribution in [3.8, 4) is 0 Å². The van der Waals surface area contributed by atoms with E-state index in [1.807, 2.05) is 13.8 Å². The van der Waals surface area contributed by atoms with Crippen molar-refractivity contribution in [3.05, 3.63) is 29.6 Å². The molecule has 9 heteroatoms. The van der Waals surface area contributed by atoms with Gasteiger partial charge in [-0.3, -0.25) is 9.78 Å². The fourth-order valence-corrected chi connectivity index (χ4v) is 2.54. The summed E-state index contributed by atoms with van der Waals surface area (Å²) in [5, 5.41) is 6.14. The maximum absolute atomic E-state index is 12.4. The van der Waals surface area contributed by atoms with Crippen molar-refractivity contribution in [3.63, 3.8) is 0 Å². The largest absolute Gasteiger partial charge is 0.433 e. The number of pyridine rings is 1. The van der Waals surface area contributed by atoms with E-state index in [0.717, 1.165) is 31.3 Å². The molecule has 1 saturated heterocycles. The first-order valence-corrected chi connectivity index (χ1v) is 6.86. The van der Waals surface area contributed by atoms with Crippen molar-refractivity contribution in [1.29, 1.82) is 0 Å². The number of nitrogens with zero attached hydrogens (tertiary/aromatic N) is 1.